The zero-order valence-electron chi connectivity index (χ0n) is 16.6. The summed E-state index contributed by atoms with van der Waals surface area (Å²) in [7, 11) is 0. The van der Waals surface area contributed by atoms with Crippen LogP contribution in [0.4, 0.5) is 5.69 Å². The minimum absolute atomic E-state index is 0.00300. The molecule has 0 heterocycles. The highest BCUT2D eigenvalue weighted by atomic mass is 16.5. The van der Waals surface area contributed by atoms with Gasteiger partial charge in [0.05, 0.1) is 6.54 Å². The van der Waals surface area contributed by atoms with E-state index in [-0.39, 0.29) is 11.4 Å². The summed E-state index contributed by atoms with van der Waals surface area (Å²) in [5.74, 6) is 1.47. The molecule has 4 nitrogen and oxygen atoms in total. The van der Waals surface area contributed by atoms with Crippen molar-refractivity contribution in [1.82, 2.24) is 0 Å². The summed E-state index contributed by atoms with van der Waals surface area (Å²) in [6.07, 6.45) is 0. The number of guanidine groups is 1. The van der Waals surface area contributed by atoms with E-state index in [2.05, 4.69) is 45.0 Å². The highest BCUT2D eigenvalue weighted by Gasteiger charge is 2.15. The average molecular weight is 374 g/mol. The Bertz CT molecular complexity index is 928. The maximum absolute atomic E-state index is 8.03. The van der Waals surface area contributed by atoms with Crippen LogP contribution in [0.1, 0.15) is 31.9 Å². The molecule has 3 rings (SSSR count). The van der Waals surface area contributed by atoms with Gasteiger partial charge in [-0.15, -0.1) is 0 Å². The molecule has 0 saturated carbocycles. The van der Waals surface area contributed by atoms with E-state index in [4.69, 9.17) is 15.9 Å². The lowest BCUT2D eigenvalue weighted by Crippen LogP contribution is -2.35. The van der Waals surface area contributed by atoms with Crippen LogP contribution in [0.25, 0.3) is 0 Å². The van der Waals surface area contributed by atoms with Crippen molar-refractivity contribution in [3.05, 3.63) is 90.0 Å². The minimum atomic E-state index is -0.00300. The van der Waals surface area contributed by atoms with Crippen molar-refractivity contribution < 1.29 is 4.74 Å². The summed E-state index contributed by atoms with van der Waals surface area (Å²) < 4.78 is 5.91. The molecule has 3 aromatic rings. The third-order valence-corrected chi connectivity index (χ3v) is 4.56. The second-order valence-electron chi connectivity index (χ2n) is 7.83. The molecule has 0 aliphatic rings. The highest BCUT2D eigenvalue weighted by molar-refractivity contribution is 5.92. The summed E-state index contributed by atoms with van der Waals surface area (Å²) in [6, 6.07) is 25.8. The van der Waals surface area contributed by atoms with Crippen LogP contribution in [0.15, 0.2) is 78.9 Å². The number of hydrogen-bond donors (Lipinski definition) is 2. The molecule has 28 heavy (non-hydrogen) atoms. The quantitative estimate of drug-likeness (QED) is 0.447. The predicted octanol–water partition coefficient (Wildman–Crippen LogP) is 5.68. The number of benzene rings is 3. The van der Waals surface area contributed by atoms with Crippen LogP contribution in [-0.2, 0) is 12.0 Å². The largest absolute Gasteiger partial charge is 0.457 e. The van der Waals surface area contributed by atoms with Crippen LogP contribution in [0.5, 0.6) is 11.5 Å². The van der Waals surface area contributed by atoms with Crippen molar-refractivity contribution in [3.8, 4) is 11.5 Å². The van der Waals surface area contributed by atoms with Crippen LogP contribution >= 0.6 is 0 Å². The Morgan fingerprint density at radius 1 is 0.893 bits per heavy atom. The van der Waals surface area contributed by atoms with Gasteiger partial charge in [-0.3, -0.25) is 5.41 Å². The SMILES string of the molecule is CC(C)(C)c1ccc(CN(C(=N)N)c2cccc(Oc3ccccc3)c2)cc1. The lowest BCUT2D eigenvalue weighted by molar-refractivity contribution is 0.483. The van der Waals surface area contributed by atoms with E-state index < -0.39 is 0 Å². The fraction of sp³-hybridized carbons (Fsp3) is 0.208. The fourth-order valence-electron chi connectivity index (χ4n) is 2.95. The second kappa shape index (κ2) is 8.17. The smallest absolute Gasteiger partial charge is 0.193 e. The zero-order valence-corrected chi connectivity index (χ0v) is 16.6. The third-order valence-electron chi connectivity index (χ3n) is 4.56. The van der Waals surface area contributed by atoms with Gasteiger partial charge < -0.3 is 15.4 Å². The molecule has 0 aliphatic heterocycles. The van der Waals surface area contributed by atoms with Crippen molar-refractivity contribution in [3.63, 3.8) is 0 Å². The van der Waals surface area contributed by atoms with Gasteiger partial charge in [-0.05, 0) is 40.8 Å². The molecule has 0 atom stereocenters. The maximum atomic E-state index is 8.03. The predicted molar refractivity (Wildman–Crippen MR) is 116 cm³/mol. The van der Waals surface area contributed by atoms with E-state index >= 15 is 0 Å². The first kappa shape index (κ1) is 19.5. The molecule has 0 spiro atoms. The highest BCUT2D eigenvalue weighted by Crippen LogP contribution is 2.27. The first-order valence-electron chi connectivity index (χ1n) is 9.37. The van der Waals surface area contributed by atoms with Crippen LogP contribution in [0.2, 0.25) is 0 Å². The van der Waals surface area contributed by atoms with Gasteiger partial charge in [-0.25, -0.2) is 0 Å². The van der Waals surface area contributed by atoms with Gasteiger partial charge in [-0.1, -0.05) is 69.3 Å². The Labute approximate surface area is 167 Å². The molecule has 0 aliphatic carbocycles. The van der Waals surface area contributed by atoms with Gasteiger partial charge in [0.2, 0.25) is 0 Å². The van der Waals surface area contributed by atoms with Crippen LogP contribution in [0, 0.1) is 5.41 Å². The number of nitrogens with zero attached hydrogens (tertiary/aromatic N) is 1. The Balaban J connectivity index is 1.80. The van der Waals surface area contributed by atoms with E-state index in [9.17, 15) is 0 Å². The zero-order chi connectivity index (χ0) is 20.1. The summed E-state index contributed by atoms with van der Waals surface area (Å²) in [5.41, 5.74) is 9.20. The molecule has 0 aromatic heterocycles. The molecule has 0 saturated heterocycles. The first-order valence-corrected chi connectivity index (χ1v) is 9.37. The molecule has 3 N–H and O–H groups in total. The number of anilines is 1. The van der Waals surface area contributed by atoms with E-state index in [0.29, 0.717) is 12.3 Å². The van der Waals surface area contributed by atoms with Crippen molar-refractivity contribution >= 4 is 11.6 Å². The van der Waals surface area contributed by atoms with Crippen molar-refractivity contribution in [2.24, 2.45) is 5.73 Å². The molecule has 3 aromatic carbocycles. The molecule has 4 heteroatoms. The van der Waals surface area contributed by atoms with Crippen LogP contribution in [0.3, 0.4) is 0 Å². The van der Waals surface area contributed by atoms with Gasteiger partial charge in [0.25, 0.3) is 0 Å². The normalized spacial score (nSPS) is 11.1. The molecule has 0 radical (unpaired) electrons. The molecule has 0 amide bonds. The Morgan fingerprint density at radius 2 is 1.54 bits per heavy atom. The number of para-hydroxylation sites is 1. The average Bonchev–Trinajstić information content (AvgIpc) is 2.66. The first-order chi connectivity index (χ1) is 13.3. The van der Waals surface area contributed by atoms with Gasteiger partial charge in [0.15, 0.2) is 5.96 Å². The van der Waals surface area contributed by atoms with E-state index in [1.54, 1.807) is 4.90 Å². The lowest BCUT2D eigenvalue weighted by Gasteiger charge is -2.24. The molecule has 144 valence electrons. The van der Waals surface area contributed by atoms with Crippen LogP contribution < -0.4 is 15.4 Å². The van der Waals surface area contributed by atoms with E-state index in [1.165, 1.54) is 5.56 Å². The van der Waals surface area contributed by atoms with Crippen molar-refractivity contribution in [2.75, 3.05) is 4.90 Å². The number of ether oxygens (including phenoxy) is 1. The van der Waals surface area contributed by atoms with Crippen molar-refractivity contribution in [1.29, 1.82) is 5.41 Å². The van der Waals surface area contributed by atoms with Gasteiger partial charge in [0.1, 0.15) is 11.5 Å². The van der Waals surface area contributed by atoms with Crippen molar-refractivity contribution in [2.45, 2.75) is 32.7 Å². The van der Waals surface area contributed by atoms with Gasteiger partial charge >= 0.3 is 0 Å². The number of hydrogen-bond acceptors (Lipinski definition) is 2. The second-order valence-corrected chi connectivity index (χ2v) is 7.83. The molecular weight excluding hydrogens is 346 g/mol. The Morgan fingerprint density at radius 3 is 2.14 bits per heavy atom. The summed E-state index contributed by atoms with van der Waals surface area (Å²) >= 11 is 0. The lowest BCUT2D eigenvalue weighted by atomic mass is 9.87. The topological polar surface area (TPSA) is 62.3 Å². The molecule has 0 unspecified atom stereocenters. The number of nitrogens with one attached hydrogen (secondary N) is 1. The monoisotopic (exact) mass is 373 g/mol. The maximum Gasteiger partial charge on any atom is 0.193 e. The number of nitrogens with two attached hydrogens (primary N) is 1. The summed E-state index contributed by atoms with van der Waals surface area (Å²) in [4.78, 5) is 1.77. The third kappa shape index (κ3) is 4.92. The Hall–Kier alpha value is -3.27. The number of rotatable bonds is 5. The van der Waals surface area contributed by atoms with E-state index in [0.717, 1.165) is 17.0 Å². The standard InChI is InChI=1S/C24H27N3O/c1-24(2,3)19-14-12-18(13-15-19)17-27(23(25)26)20-8-7-11-22(16-20)28-21-9-5-4-6-10-21/h4-16H,17H2,1-3H3,(H3,25,26). The van der Waals surface area contributed by atoms with Crippen LogP contribution in [-0.4, -0.2) is 5.96 Å². The molecule has 0 bridgehead atoms. The summed E-state index contributed by atoms with van der Waals surface area (Å²) in [6.45, 7) is 7.11. The summed E-state index contributed by atoms with van der Waals surface area (Å²) in [5, 5.41) is 8.03. The van der Waals surface area contributed by atoms with Gasteiger partial charge in [-0.2, -0.15) is 0 Å². The van der Waals surface area contributed by atoms with E-state index in [1.807, 2.05) is 54.6 Å². The molecule has 0 fully saturated rings. The van der Waals surface area contributed by atoms with Gasteiger partial charge in [0, 0.05) is 11.8 Å². The minimum Gasteiger partial charge on any atom is -0.457 e. The molecular formula is C24H27N3O. The fourth-order valence-corrected chi connectivity index (χ4v) is 2.95. The Kier molecular flexibility index (Phi) is 5.69.